The van der Waals surface area contributed by atoms with E-state index < -0.39 is 0 Å². The molecule has 2 aromatic rings. The van der Waals surface area contributed by atoms with Gasteiger partial charge in [-0.15, -0.1) is 19.0 Å². The number of morpholine rings is 1. The molecule has 222 valence electrons. The van der Waals surface area contributed by atoms with Gasteiger partial charge in [0.15, 0.2) is 11.5 Å². The zero-order valence-electron chi connectivity index (χ0n) is 24.1. The Balaban J connectivity index is 0.000000281. The molecular formula is C33H42ClNO6. The molecule has 7 nitrogen and oxygen atoms in total. The lowest BCUT2D eigenvalue weighted by molar-refractivity contribution is -0.117. The van der Waals surface area contributed by atoms with Gasteiger partial charge in [0.2, 0.25) is 5.78 Å². The fourth-order valence-corrected chi connectivity index (χ4v) is 4.33. The molecule has 2 aliphatic rings. The number of unbranched alkanes of at least 4 members (excludes halogenated alkanes) is 1. The second-order valence-corrected chi connectivity index (χ2v) is 9.49. The van der Waals surface area contributed by atoms with E-state index in [2.05, 4.69) is 18.4 Å². The van der Waals surface area contributed by atoms with Gasteiger partial charge >= 0.3 is 0 Å². The number of ether oxygens (including phenoxy) is 4. The average molecular weight is 584 g/mol. The molecule has 1 heterocycles. The molecule has 8 heteroatoms. The second-order valence-electron chi connectivity index (χ2n) is 9.49. The van der Waals surface area contributed by atoms with Crippen LogP contribution in [0.1, 0.15) is 37.7 Å². The van der Waals surface area contributed by atoms with Gasteiger partial charge in [-0.2, -0.15) is 0 Å². The van der Waals surface area contributed by atoms with E-state index in [0.29, 0.717) is 5.57 Å². The molecule has 1 unspecified atom stereocenters. The van der Waals surface area contributed by atoms with Crippen LogP contribution in [0.15, 0.2) is 90.7 Å². The Morgan fingerprint density at radius 2 is 1.51 bits per heavy atom. The monoisotopic (exact) mass is 583 g/mol. The molecule has 1 aliphatic heterocycles. The number of halogens is 1. The maximum Gasteiger partial charge on any atom is 0.220 e. The highest BCUT2D eigenvalue weighted by Gasteiger charge is 2.26. The molecule has 0 radical (unpaired) electrons. The van der Waals surface area contributed by atoms with Gasteiger partial charge in [-0.25, -0.2) is 0 Å². The average Bonchev–Trinajstić information content (AvgIpc) is 2.99. The van der Waals surface area contributed by atoms with Crippen molar-refractivity contribution in [3.63, 3.8) is 0 Å². The van der Waals surface area contributed by atoms with Gasteiger partial charge in [-0.05, 0) is 48.7 Å². The van der Waals surface area contributed by atoms with Crippen LogP contribution in [0.3, 0.4) is 0 Å². The minimum Gasteiger partial charge on any atom is -0.494 e. The molecule has 1 aliphatic carbocycles. The van der Waals surface area contributed by atoms with E-state index in [1.54, 1.807) is 6.08 Å². The van der Waals surface area contributed by atoms with E-state index in [1.165, 1.54) is 19.3 Å². The lowest BCUT2D eigenvalue weighted by Crippen LogP contribution is -2.37. The maximum atomic E-state index is 12.1. The van der Waals surface area contributed by atoms with E-state index in [4.69, 9.17) is 18.9 Å². The lowest BCUT2D eigenvalue weighted by Gasteiger charge is -2.26. The summed E-state index contributed by atoms with van der Waals surface area (Å²) in [7, 11) is 1.37. The first-order chi connectivity index (χ1) is 19.5. The van der Waals surface area contributed by atoms with Crippen LogP contribution in [0.2, 0.25) is 0 Å². The van der Waals surface area contributed by atoms with Crippen LogP contribution >= 0.6 is 12.4 Å². The van der Waals surface area contributed by atoms with E-state index >= 15 is 0 Å². The van der Waals surface area contributed by atoms with Crippen molar-refractivity contribution in [3.05, 3.63) is 96.3 Å². The molecule has 4 rings (SSSR count). The minimum atomic E-state index is -0.292. The van der Waals surface area contributed by atoms with Crippen LogP contribution in [0.25, 0.3) is 0 Å². The zero-order chi connectivity index (χ0) is 28.6. The van der Waals surface area contributed by atoms with Crippen molar-refractivity contribution in [2.75, 3.05) is 53.2 Å². The van der Waals surface area contributed by atoms with Gasteiger partial charge in [0.1, 0.15) is 11.5 Å². The van der Waals surface area contributed by atoms with Gasteiger partial charge in [0.05, 0.1) is 33.5 Å². The highest BCUT2D eigenvalue weighted by molar-refractivity contribution is 6.19. The van der Waals surface area contributed by atoms with Crippen LogP contribution in [0, 0.1) is 0 Å². The van der Waals surface area contributed by atoms with Crippen molar-refractivity contribution in [1.82, 2.24) is 4.90 Å². The summed E-state index contributed by atoms with van der Waals surface area (Å²) in [6, 6.07) is 17.4. The quantitative estimate of drug-likeness (QED) is 0.164. The largest absolute Gasteiger partial charge is 0.494 e. The molecule has 0 saturated carbocycles. The van der Waals surface area contributed by atoms with Crippen molar-refractivity contribution < 1.29 is 28.5 Å². The maximum absolute atomic E-state index is 12.1. The summed E-state index contributed by atoms with van der Waals surface area (Å²) in [5.41, 5.74) is 1.35. The van der Waals surface area contributed by atoms with E-state index in [-0.39, 0.29) is 35.7 Å². The zero-order valence-corrected chi connectivity index (χ0v) is 24.9. The van der Waals surface area contributed by atoms with Gasteiger partial charge in [-0.3, -0.25) is 14.5 Å². The Morgan fingerprint density at radius 3 is 2.07 bits per heavy atom. The van der Waals surface area contributed by atoms with Crippen molar-refractivity contribution in [1.29, 1.82) is 0 Å². The molecule has 0 amide bonds. The van der Waals surface area contributed by atoms with Crippen LogP contribution in [0.5, 0.6) is 11.5 Å². The van der Waals surface area contributed by atoms with E-state index in [9.17, 15) is 9.59 Å². The third kappa shape index (κ3) is 11.2. The van der Waals surface area contributed by atoms with Gasteiger partial charge < -0.3 is 18.9 Å². The number of hydrogen-bond donors (Lipinski definition) is 0. The fourth-order valence-electron chi connectivity index (χ4n) is 4.33. The third-order valence-electron chi connectivity index (χ3n) is 6.61. The highest BCUT2D eigenvalue weighted by Crippen LogP contribution is 2.29. The Labute approximate surface area is 250 Å². The second kappa shape index (κ2) is 18.9. The van der Waals surface area contributed by atoms with Crippen LogP contribution in [-0.4, -0.2) is 69.6 Å². The van der Waals surface area contributed by atoms with Crippen LogP contribution in [-0.2, 0) is 19.1 Å². The smallest absolute Gasteiger partial charge is 0.220 e. The van der Waals surface area contributed by atoms with E-state index in [1.807, 2.05) is 54.6 Å². The molecular weight excluding hydrogens is 542 g/mol. The van der Waals surface area contributed by atoms with Crippen molar-refractivity contribution >= 4 is 24.0 Å². The molecule has 0 bridgehead atoms. The Bertz CT molecular complexity index is 1140. The Morgan fingerprint density at radius 1 is 0.902 bits per heavy atom. The molecule has 1 atom stereocenters. The number of rotatable bonds is 13. The van der Waals surface area contributed by atoms with Gasteiger partial charge in [0, 0.05) is 37.2 Å². The predicted molar refractivity (Wildman–Crippen MR) is 164 cm³/mol. The SMILES string of the molecule is C=CC(C1=CC(=O)C(OC)=CC1=O)c1ccccc1.CCCCOc1ccc(OCCCN2CCOCC2)cc1.Cl. The number of nitrogens with zero attached hydrogens (tertiary/aromatic N) is 1. The molecule has 2 aromatic carbocycles. The first-order valence-corrected chi connectivity index (χ1v) is 13.9. The van der Waals surface area contributed by atoms with Gasteiger partial charge in [-0.1, -0.05) is 49.8 Å². The van der Waals surface area contributed by atoms with Crippen molar-refractivity contribution in [2.24, 2.45) is 0 Å². The molecule has 0 N–H and O–H groups in total. The number of methoxy groups -OCH3 is 1. The standard InChI is InChI=1S/C17H27NO3.C16H14O3.ClH/c1-2-3-12-20-16-5-7-17(8-6-16)21-13-4-9-18-10-14-19-15-11-18;1-3-12(11-7-5-4-6-8-11)13-9-15(18)16(19-2)10-14(13)17;/h5-8H,2-4,9-15H2,1H3;3-10,12H,1H2,2H3;1H. The summed E-state index contributed by atoms with van der Waals surface area (Å²) in [5.74, 6) is 1.12. The number of allylic oxidation sites excluding steroid dienone is 4. The highest BCUT2D eigenvalue weighted by atomic mass is 35.5. The number of ketones is 2. The fraction of sp³-hybridized carbons (Fsp3) is 0.394. The summed E-state index contributed by atoms with van der Waals surface area (Å²) in [4.78, 5) is 26.3. The van der Waals surface area contributed by atoms with Crippen molar-refractivity contribution in [2.45, 2.75) is 32.1 Å². The first-order valence-electron chi connectivity index (χ1n) is 13.9. The summed E-state index contributed by atoms with van der Waals surface area (Å²) in [6.07, 6.45) is 7.54. The predicted octanol–water partition coefficient (Wildman–Crippen LogP) is 5.95. The number of carbonyl (C=O) groups excluding carboxylic acids is 2. The third-order valence-corrected chi connectivity index (χ3v) is 6.61. The number of hydrogen-bond acceptors (Lipinski definition) is 7. The number of benzene rings is 2. The van der Waals surface area contributed by atoms with Gasteiger partial charge in [0.25, 0.3) is 0 Å². The summed E-state index contributed by atoms with van der Waals surface area (Å²) in [6.45, 7) is 12.4. The van der Waals surface area contributed by atoms with Crippen LogP contribution < -0.4 is 9.47 Å². The first kappa shape index (κ1) is 33.8. The Kier molecular flexibility index (Phi) is 15.6. The van der Waals surface area contributed by atoms with Crippen LogP contribution in [0.4, 0.5) is 0 Å². The summed E-state index contributed by atoms with van der Waals surface area (Å²) >= 11 is 0. The molecule has 1 saturated heterocycles. The number of carbonyl (C=O) groups is 2. The topological polar surface area (TPSA) is 74.3 Å². The molecule has 41 heavy (non-hydrogen) atoms. The minimum absolute atomic E-state index is 0. The summed E-state index contributed by atoms with van der Waals surface area (Å²) in [5, 5.41) is 0. The normalized spacial score (nSPS) is 15.8. The Hall–Kier alpha value is -3.39. The van der Waals surface area contributed by atoms with Crippen molar-refractivity contribution in [3.8, 4) is 11.5 Å². The molecule has 1 fully saturated rings. The van der Waals surface area contributed by atoms with E-state index in [0.717, 1.165) is 82.4 Å². The summed E-state index contributed by atoms with van der Waals surface area (Å²) < 4.78 is 21.6. The molecule has 0 spiro atoms. The lowest BCUT2D eigenvalue weighted by atomic mass is 9.85. The molecule has 0 aromatic heterocycles.